The van der Waals surface area contributed by atoms with Crippen molar-refractivity contribution in [3.8, 4) is 5.75 Å². The van der Waals surface area contributed by atoms with Crippen molar-refractivity contribution in [2.45, 2.75) is 18.9 Å². The molecule has 7 nitrogen and oxygen atoms in total. The normalized spacial score (nSPS) is 15.2. The second-order valence-electron chi connectivity index (χ2n) is 8.41. The lowest BCUT2D eigenvalue weighted by atomic mass is 9.98. The molecule has 1 aliphatic heterocycles. The van der Waals surface area contributed by atoms with Crippen molar-refractivity contribution in [3.05, 3.63) is 106 Å². The van der Waals surface area contributed by atoms with Crippen LogP contribution >= 0.6 is 15.9 Å². The van der Waals surface area contributed by atoms with Gasteiger partial charge in [0.2, 0.25) is 0 Å². The minimum Gasteiger partial charge on any atom is -0.493 e. The van der Waals surface area contributed by atoms with Gasteiger partial charge in [-0.05, 0) is 54.4 Å². The fourth-order valence-electron chi connectivity index (χ4n) is 4.23. The van der Waals surface area contributed by atoms with Gasteiger partial charge in [0, 0.05) is 23.2 Å². The molecule has 1 N–H and O–H groups in total. The molecule has 1 atom stereocenters. The van der Waals surface area contributed by atoms with Gasteiger partial charge < -0.3 is 14.3 Å². The monoisotopic (exact) mass is 546 g/mol. The highest BCUT2D eigenvalue weighted by Crippen LogP contribution is 2.36. The Kier molecular flexibility index (Phi) is 6.86. The van der Waals surface area contributed by atoms with Gasteiger partial charge in [-0.3, -0.25) is 5.01 Å². The molecule has 4 aromatic rings. The highest BCUT2D eigenvalue weighted by atomic mass is 79.9. The Morgan fingerprint density at radius 3 is 2.58 bits per heavy atom. The van der Waals surface area contributed by atoms with Crippen molar-refractivity contribution >= 4 is 44.3 Å². The average Bonchev–Trinajstić information content (AvgIpc) is 3.34. The maximum atomic E-state index is 13.0. The quantitative estimate of drug-likeness (QED) is 0.165. The van der Waals surface area contributed by atoms with Gasteiger partial charge in [0.15, 0.2) is 0 Å². The summed E-state index contributed by atoms with van der Waals surface area (Å²) in [5, 5.41) is 17.5. The van der Waals surface area contributed by atoms with Crippen LogP contribution in [-0.2, 0) is 0 Å². The Hall–Kier alpha value is -3.91. The molecule has 0 spiro atoms. The SMILES string of the molecule is O=C(O)c1ccc(N2N=C(c3cc4ccc(OCCCBr)cc4oc3=O)CC2c2ccccc2)cc1. The molecule has 1 unspecified atom stereocenters. The smallest absolute Gasteiger partial charge is 0.345 e. The van der Waals surface area contributed by atoms with Crippen molar-refractivity contribution in [2.24, 2.45) is 5.10 Å². The topological polar surface area (TPSA) is 92.3 Å². The molecule has 0 radical (unpaired) electrons. The van der Waals surface area contributed by atoms with Crippen LogP contribution in [0.4, 0.5) is 5.69 Å². The maximum absolute atomic E-state index is 13.0. The van der Waals surface area contributed by atoms with E-state index in [0.717, 1.165) is 28.4 Å². The lowest BCUT2D eigenvalue weighted by Crippen LogP contribution is -2.18. The fourth-order valence-corrected chi connectivity index (χ4v) is 4.46. The molecule has 0 saturated heterocycles. The number of fused-ring (bicyclic) bond motifs is 1. The highest BCUT2D eigenvalue weighted by Gasteiger charge is 2.31. The number of hydrogen-bond acceptors (Lipinski definition) is 6. The zero-order valence-corrected chi connectivity index (χ0v) is 20.8. The Balaban J connectivity index is 1.51. The molecule has 0 aliphatic carbocycles. The first-order valence-corrected chi connectivity index (χ1v) is 12.7. The predicted octanol–water partition coefficient (Wildman–Crippen LogP) is 6.01. The minimum absolute atomic E-state index is 0.155. The van der Waals surface area contributed by atoms with Crippen LogP contribution in [0.25, 0.3) is 11.0 Å². The molecule has 1 aromatic heterocycles. The molecule has 0 saturated carbocycles. The average molecular weight is 547 g/mol. The summed E-state index contributed by atoms with van der Waals surface area (Å²) >= 11 is 3.38. The summed E-state index contributed by atoms with van der Waals surface area (Å²) in [4.78, 5) is 24.3. The summed E-state index contributed by atoms with van der Waals surface area (Å²) in [6, 6.07) is 23.6. The van der Waals surface area contributed by atoms with Crippen LogP contribution in [0.5, 0.6) is 5.75 Å². The molecule has 8 heteroatoms. The Bertz CT molecular complexity index is 1480. The number of halogens is 1. The summed E-state index contributed by atoms with van der Waals surface area (Å²) in [5.74, 6) is -0.338. The Morgan fingerprint density at radius 2 is 1.86 bits per heavy atom. The number of hydrazone groups is 1. The zero-order chi connectivity index (χ0) is 25.1. The molecule has 5 rings (SSSR count). The van der Waals surface area contributed by atoms with Gasteiger partial charge in [0.05, 0.1) is 35.2 Å². The van der Waals surface area contributed by atoms with Gasteiger partial charge in [-0.2, -0.15) is 5.10 Å². The molecule has 182 valence electrons. The van der Waals surface area contributed by atoms with Crippen molar-refractivity contribution in [2.75, 3.05) is 16.9 Å². The van der Waals surface area contributed by atoms with Gasteiger partial charge in [-0.15, -0.1) is 0 Å². The highest BCUT2D eigenvalue weighted by molar-refractivity contribution is 9.09. The van der Waals surface area contributed by atoms with Crippen LogP contribution in [0.15, 0.2) is 93.2 Å². The number of carboxylic acids is 1. The van der Waals surface area contributed by atoms with Crippen LogP contribution in [0.3, 0.4) is 0 Å². The third-order valence-electron chi connectivity index (χ3n) is 6.04. The number of alkyl halides is 1. The molecular weight excluding hydrogens is 524 g/mol. The van der Waals surface area contributed by atoms with Gasteiger partial charge in [-0.1, -0.05) is 46.3 Å². The van der Waals surface area contributed by atoms with E-state index in [-0.39, 0.29) is 11.6 Å². The van der Waals surface area contributed by atoms with Crippen LogP contribution in [-0.4, -0.2) is 28.7 Å². The lowest BCUT2D eigenvalue weighted by molar-refractivity contribution is 0.0697. The van der Waals surface area contributed by atoms with Gasteiger partial charge >= 0.3 is 11.6 Å². The van der Waals surface area contributed by atoms with E-state index in [4.69, 9.17) is 14.3 Å². The predicted molar refractivity (Wildman–Crippen MR) is 143 cm³/mol. The molecule has 0 amide bonds. The van der Waals surface area contributed by atoms with E-state index in [0.29, 0.717) is 35.6 Å². The molecule has 3 aromatic carbocycles. The molecular formula is C28H23BrN2O5. The Labute approximate surface area is 215 Å². The number of hydrogen-bond donors (Lipinski definition) is 1. The number of benzene rings is 3. The molecule has 0 fully saturated rings. The number of aromatic carboxylic acids is 1. The van der Waals surface area contributed by atoms with Crippen LogP contribution in [0, 0.1) is 0 Å². The summed E-state index contributed by atoms with van der Waals surface area (Å²) in [7, 11) is 0. The van der Waals surface area contributed by atoms with Gasteiger partial charge in [-0.25, -0.2) is 9.59 Å². The van der Waals surface area contributed by atoms with Crippen molar-refractivity contribution in [1.29, 1.82) is 0 Å². The summed E-state index contributed by atoms with van der Waals surface area (Å²) in [5.41, 5.74) is 2.98. The molecule has 0 bridgehead atoms. The zero-order valence-electron chi connectivity index (χ0n) is 19.3. The first-order chi connectivity index (χ1) is 17.5. The number of carbonyl (C=O) groups is 1. The van der Waals surface area contributed by atoms with Crippen molar-refractivity contribution in [1.82, 2.24) is 0 Å². The van der Waals surface area contributed by atoms with E-state index in [1.165, 1.54) is 0 Å². The first-order valence-electron chi connectivity index (χ1n) is 11.6. The number of carboxylic acid groups (broad SMARTS) is 1. The van der Waals surface area contributed by atoms with Crippen LogP contribution in [0.1, 0.15) is 40.4 Å². The van der Waals surface area contributed by atoms with E-state index < -0.39 is 11.6 Å². The van der Waals surface area contributed by atoms with E-state index >= 15 is 0 Å². The minimum atomic E-state index is -0.989. The summed E-state index contributed by atoms with van der Waals surface area (Å²) < 4.78 is 11.4. The second-order valence-corrected chi connectivity index (χ2v) is 9.21. The molecule has 36 heavy (non-hydrogen) atoms. The number of nitrogens with zero attached hydrogens (tertiary/aromatic N) is 2. The van der Waals surface area contributed by atoms with Crippen molar-refractivity contribution in [3.63, 3.8) is 0 Å². The van der Waals surface area contributed by atoms with Gasteiger partial charge in [0.25, 0.3) is 0 Å². The van der Waals surface area contributed by atoms with E-state index in [2.05, 4.69) is 15.9 Å². The third kappa shape index (κ3) is 4.90. The lowest BCUT2D eigenvalue weighted by Gasteiger charge is -2.24. The van der Waals surface area contributed by atoms with Crippen LogP contribution in [0.2, 0.25) is 0 Å². The number of anilines is 1. The van der Waals surface area contributed by atoms with Gasteiger partial charge in [0.1, 0.15) is 11.3 Å². The van der Waals surface area contributed by atoms with Crippen molar-refractivity contribution < 1.29 is 19.1 Å². The van der Waals surface area contributed by atoms with E-state index in [9.17, 15) is 14.7 Å². The molecule has 1 aliphatic rings. The van der Waals surface area contributed by atoms with E-state index in [1.807, 2.05) is 47.5 Å². The van der Waals surface area contributed by atoms with Crippen LogP contribution < -0.4 is 15.4 Å². The fraction of sp³-hybridized carbons (Fsp3) is 0.179. The first kappa shape index (κ1) is 23.8. The molecule has 2 heterocycles. The number of ether oxygens (including phenoxy) is 1. The standard InChI is InChI=1S/C28H23BrN2O5/c29-13-4-14-35-22-12-9-20-15-23(28(34)36-26(20)16-22)24-17-25(18-5-2-1-3-6-18)31(30-24)21-10-7-19(8-11-21)27(32)33/h1-3,5-12,15-16,25H,4,13-14,17H2,(H,32,33). The summed E-state index contributed by atoms with van der Waals surface area (Å²) in [6.07, 6.45) is 1.37. The Morgan fingerprint density at radius 1 is 1.08 bits per heavy atom. The largest absolute Gasteiger partial charge is 0.493 e. The second kappa shape index (κ2) is 10.4. The summed E-state index contributed by atoms with van der Waals surface area (Å²) in [6.45, 7) is 0.569. The van der Waals surface area contributed by atoms with E-state index in [1.54, 1.807) is 36.4 Å². The number of rotatable bonds is 8. The maximum Gasteiger partial charge on any atom is 0.345 e. The third-order valence-corrected chi connectivity index (χ3v) is 6.60.